The maximum absolute atomic E-state index is 13.5. The number of carbonyl (C=O) groups is 2. The van der Waals surface area contributed by atoms with Gasteiger partial charge in [-0.1, -0.05) is 90.1 Å². The number of amides is 2. The molecule has 1 saturated heterocycles. The van der Waals surface area contributed by atoms with Crippen LogP contribution in [0.3, 0.4) is 0 Å². The van der Waals surface area contributed by atoms with Crippen LogP contribution in [0.4, 0.5) is 5.69 Å². The Bertz CT molecular complexity index is 1260. The zero-order valence-electron chi connectivity index (χ0n) is 18.3. The molecule has 7 heteroatoms. The Hall–Kier alpha value is -3.53. The molecule has 0 radical (unpaired) electrons. The van der Waals surface area contributed by atoms with Gasteiger partial charge in [0.15, 0.2) is 0 Å². The summed E-state index contributed by atoms with van der Waals surface area (Å²) < 4.78 is 0. The monoisotopic (exact) mass is 487 g/mol. The van der Waals surface area contributed by atoms with E-state index in [4.69, 9.17) is 11.6 Å². The van der Waals surface area contributed by atoms with Gasteiger partial charge in [-0.05, 0) is 42.2 Å². The van der Waals surface area contributed by atoms with E-state index in [-0.39, 0.29) is 11.5 Å². The van der Waals surface area contributed by atoms with Crippen molar-refractivity contribution in [1.29, 1.82) is 5.26 Å². The molecule has 2 amide bonds. The van der Waals surface area contributed by atoms with Gasteiger partial charge in [-0.25, -0.2) is 0 Å². The topological polar surface area (TPSA) is 73.2 Å². The van der Waals surface area contributed by atoms with Gasteiger partial charge in [0.2, 0.25) is 5.91 Å². The molecule has 0 unspecified atom stereocenters. The van der Waals surface area contributed by atoms with Crippen molar-refractivity contribution in [3.63, 3.8) is 0 Å². The summed E-state index contributed by atoms with van der Waals surface area (Å²) in [5, 5.41) is 13.1. The highest BCUT2D eigenvalue weighted by Crippen LogP contribution is 2.42. The summed E-state index contributed by atoms with van der Waals surface area (Å²) in [5.41, 5.74) is 2.47. The van der Waals surface area contributed by atoms with Gasteiger partial charge in [-0.2, -0.15) is 5.26 Å². The molecule has 1 N–H and O–H groups in total. The minimum Gasteiger partial charge on any atom is -0.351 e. The average molecular weight is 488 g/mol. The van der Waals surface area contributed by atoms with Crippen molar-refractivity contribution in [2.24, 2.45) is 0 Å². The number of rotatable bonds is 7. The molecule has 1 heterocycles. The predicted octanol–water partition coefficient (Wildman–Crippen LogP) is 5.13. The fourth-order valence-electron chi connectivity index (χ4n) is 3.72. The van der Waals surface area contributed by atoms with Crippen molar-refractivity contribution in [1.82, 2.24) is 5.32 Å². The molecule has 0 saturated carbocycles. The first kappa shape index (κ1) is 23.6. The minimum absolute atomic E-state index is 0.0723. The van der Waals surface area contributed by atoms with Gasteiger partial charge in [0.25, 0.3) is 5.91 Å². The van der Waals surface area contributed by atoms with Gasteiger partial charge in [-0.15, -0.1) is 0 Å². The molecule has 170 valence electrons. The third-order valence-electron chi connectivity index (χ3n) is 5.43. The summed E-state index contributed by atoms with van der Waals surface area (Å²) >= 11 is 7.56. The fourth-order valence-corrected chi connectivity index (χ4v) is 5.22. The molecule has 4 rings (SSSR count). The highest BCUT2D eigenvalue weighted by Gasteiger charge is 2.40. The molecule has 0 spiro atoms. The number of carbonyl (C=O) groups excluding carboxylic acids is 2. The number of hydrogen-bond donors (Lipinski definition) is 1. The van der Waals surface area contributed by atoms with Gasteiger partial charge >= 0.3 is 0 Å². The largest absolute Gasteiger partial charge is 0.351 e. The van der Waals surface area contributed by atoms with E-state index in [0.29, 0.717) is 35.1 Å². The molecule has 34 heavy (non-hydrogen) atoms. The van der Waals surface area contributed by atoms with E-state index in [1.165, 1.54) is 16.7 Å². The molecule has 0 aliphatic carbocycles. The highest BCUT2D eigenvalue weighted by molar-refractivity contribution is 8.05. The number of halogens is 1. The van der Waals surface area contributed by atoms with Crippen LogP contribution < -0.4 is 10.2 Å². The van der Waals surface area contributed by atoms with Crippen molar-refractivity contribution in [2.45, 2.75) is 18.1 Å². The lowest BCUT2D eigenvalue weighted by Crippen LogP contribution is -2.32. The minimum atomic E-state index is -0.504. The number of hydrogen-bond acceptors (Lipinski definition) is 4. The summed E-state index contributed by atoms with van der Waals surface area (Å²) in [6.45, 7) is 0.383. The molecule has 1 atom stereocenters. The van der Waals surface area contributed by atoms with Gasteiger partial charge in [-0.3, -0.25) is 14.5 Å². The Morgan fingerprint density at radius 3 is 2.32 bits per heavy atom. The van der Waals surface area contributed by atoms with E-state index in [1.807, 2.05) is 72.8 Å². The van der Waals surface area contributed by atoms with E-state index in [1.54, 1.807) is 18.2 Å². The lowest BCUT2D eigenvalue weighted by molar-refractivity contribution is -0.117. The molecule has 3 aromatic rings. The van der Waals surface area contributed by atoms with Crippen LogP contribution in [0, 0.1) is 11.3 Å². The summed E-state index contributed by atoms with van der Waals surface area (Å²) in [4.78, 5) is 27.9. The second-order valence-electron chi connectivity index (χ2n) is 7.69. The summed E-state index contributed by atoms with van der Waals surface area (Å²) in [5.74, 6) is -0.677. The first-order valence-electron chi connectivity index (χ1n) is 10.8. The second-order valence-corrected chi connectivity index (χ2v) is 9.29. The quantitative estimate of drug-likeness (QED) is 0.370. The van der Waals surface area contributed by atoms with Gasteiger partial charge in [0.05, 0.1) is 5.25 Å². The Morgan fingerprint density at radius 1 is 1.00 bits per heavy atom. The first-order valence-corrected chi connectivity index (χ1v) is 12.1. The zero-order valence-corrected chi connectivity index (χ0v) is 19.9. The summed E-state index contributed by atoms with van der Waals surface area (Å²) in [6, 6.07) is 28.3. The van der Waals surface area contributed by atoms with Gasteiger partial charge in [0.1, 0.15) is 16.7 Å². The average Bonchev–Trinajstić information content (AvgIpc) is 3.17. The number of anilines is 1. The lowest BCUT2D eigenvalue weighted by Gasteiger charge is -2.18. The molecule has 0 aromatic heterocycles. The Labute approximate surface area is 208 Å². The van der Waals surface area contributed by atoms with Crippen molar-refractivity contribution in [3.8, 4) is 6.07 Å². The first-order chi connectivity index (χ1) is 16.6. The fraction of sp³-hybridized carbons (Fsp3) is 0.148. The smallest absolute Gasteiger partial charge is 0.264 e. The molecule has 1 aliphatic heterocycles. The molecule has 0 bridgehead atoms. The molecule has 3 aromatic carbocycles. The maximum Gasteiger partial charge on any atom is 0.264 e. The normalized spacial score (nSPS) is 16.8. The standard InChI is InChI=1S/C27H22ClN3O2S/c28-23-14-8-7-11-20(23)17-24-26(33)31(21-12-5-2-6-13-21)27(34-24)22(18-29)25(32)30-16-15-19-9-3-1-4-10-19/h1-14,24H,15-17H2,(H,30,32)/b27-22-/t24-/m0/s1. The lowest BCUT2D eigenvalue weighted by atomic mass is 10.1. The SMILES string of the molecule is N#C/C(C(=O)NCCc1ccccc1)=C1/S[C@@H](Cc2ccccc2Cl)C(=O)N1c1ccccc1. The molecule has 1 fully saturated rings. The van der Waals surface area contributed by atoms with Crippen molar-refractivity contribution in [2.75, 3.05) is 11.4 Å². The summed E-state index contributed by atoms with van der Waals surface area (Å²) in [6.07, 6.45) is 1.04. The van der Waals surface area contributed by atoms with Crippen LogP contribution in [0.1, 0.15) is 11.1 Å². The number of para-hydroxylation sites is 1. The molecule has 5 nitrogen and oxygen atoms in total. The predicted molar refractivity (Wildman–Crippen MR) is 136 cm³/mol. The van der Waals surface area contributed by atoms with Crippen LogP contribution in [-0.2, 0) is 22.4 Å². The number of nitriles is 1. The van der Waals surface area contributed by atoms with Crippen LogP contribution in [0.15, 0.2) is 95.5 Å². The number of thioether (sulfide) groups is 1. The Kier molecular flexibility index (Phi) is 7.69. The van der Waals surface area contributed by atoms with Crippen molar-refractivity contribution >= 4 is 40.9 Å². The van der Waals surface area contributed by atoms with E-state index in [0.717, 1.165) is 11.1 Å². The molecule has 1 aliphatic rings. The van der Waals surface area contributed by atoms with Crippen LogP contribution in [-0.4, -0.2) is 23.6 Å². The summed E-state index contributed by atoms with van der Waals surface area (Å²) in [7, 11) is 0. The molecular weight excluding hydrogens is 466 g/mol. The zero-order chi connectivity index (χ0) is 23.9. The highest BCUT2D eigenvalue weighted by atomic mass is 35.5. The van der Waals surface area contributed by atoms with Gasteiger partial charge < -0.3 is 5.32 Å². The third kappa shape index (κ3) is 5.33. The van der Waals surface area contributed by atoms with Crippen molar-refractivity contribution in [3.05, 3.63) is 112 Å². The van der Waals surface area contributed by atoms with Crippen LogP contribution in [0.5, 0.6) is 0 Å². The Balaban J connectivity index is 1.61. The van der Waals surface area contributed by atoms with E-state index >= 15 is 0 Å². The van der Waals surface area contributed by atoms with Gasteiger partial charge in [0, 0.05) is 17.3 Å². The second kappa shape index (κ2) is 11.1. The van der Waals surface area contributed by atoms with Crippen LogP contribution in [0.25, 0.3) is 0 Å². The van der Waals surface area contributed by atoms with E-state index < -0.39 is 11.2 Å². The number of nitrogens with one attached hydrogen (secondary N) is 1. The van der Waals surface area contributed by atoms with Crippen LogP contribution in [0.2, 0.25) is 5.02 Å². The third-order valence-corrected chi connectivity index (χ3v) is 7.06. The van der Waals surface area contributed by atoms with E-state index in [2.05, 4.69) is 5.32 Å². The van der Waals surface area contributed by atoms with Crippen LogP contribution >= 0.6 is 23.4 Å². The van der Waals surface area contributed by atoms with Crippen molar-refractivity contribution < 1.29 is 9.59 Å². The molecular formula is C27H22ClN3O2S. The Morgan fingerprint density at radius 2 is 1.65 bits per heavy atom. The van der Waals surface area contributed by atoms with E-state index in [9.17, 15) is 14.9 Å². The number of nitrogens with zero attached hydrogens (tertiary/aromatic N) is 2. The number of benzene rings is 3. The maximum atomic E-state index is 13.5.